The molecule has 1 unspecified atom stereocenters. The van der Waals surface area contributed by atoms with Gasteiger partial charge in [-0.05, 0) is 57.2 Å². The summed E-state index contributed by atoms with van der Waals surface area (Å²) in [5.41, 5.74) is 0.775. The van der Waals surface area contributed by atoms with Crippen molar-refractivity contribution in [3.63, 3.8) is 0 Å². The number of amides is 1. The molecule has 2 aromatic rings. The highest BCUT2D eigenvalue weighted by molar-refractivity contribution is 7.89. The average molecular weight is 387 g/mol. The smallest absolute Gasteiger partial charge is 0.265 e. The first-order valence-corrected chi connectivity index (χ1v) is 9.80. The summed E-state index contributed by atoms with van der Waals surface area (Å²) in [5.74, 6) is -0.0949. The molecule has 8 heteroatoms. The van der Waals surface area contributed by atoms with Crippen molar-refractivity contribution in [1.29, 1.82) is 5.26 Å². The highest BCUT2D eigenvalue weighted by atomic mass is 32.2. The second-order valence-electron chi connectivity index (χ2n) is 6.16. The summed E-state index contributed by atoms with van der Waals surface area (Å²) >= 11 is 0. The number of para-hydroxylation sites is 1. The number of ether oxygens (including phenoxy) is 1. The van der Waals surface area contributed by atoms with E-state index in [1.807, 2.05) is 6.07 Å². The molecule has 0 aliphatic rings. The molecule has 2 aromatic carbocycles. The molecule has 1 atom stereocenters. The van der Waals surface area contributed by atoms with Crippen molar-refractivity contribution in [3.05, 3.63) is 54.1 Å². The van der Waals surface area contributed by atoms with Crippen molar-refractivity contribution < 1.29 is 17.9 Å². The van der Waals surface area contributed by atoms with E-state index in [4.69, 9.17) is 10.00 Å². The lowest BCUT2D eigenvalue weighted by molar-refractivity contribution is -0.122. The van der Waals surface area contributed by atoms with Crippen LogP contribution in [0.2, 0.25) is 0 Å². The Bertz CT molecular complexity index is 948. The van der Waals surface area contributed by atoms with Crippen molar-refractivity contribution in [3.8, 4) is 11.8 Å². The number of nitrogens with one attached hydrogen (secondary N) is 2. The fourth-order valence-electron chi connectivity index (χ4n) is 2.25. The van der Waals surface area contributed by atoms with Crippen molar-refractivity contribution >= 4 is 21.6 Å². The van der Waals surface area contributed by atoms with Crippen LogP contribution in [0, 0.1) is 11.3 Å². The van der Waals surface area contributed by atoms with E-state index in [0.717, 1.165) is 0 Å². The summed E-state index contributed by atoms with van der Waals surface area (Å²) in [6.45, 7) is 5.03. The van der Waals surface area contributed by atoms with Gasteiger partial charge >= 0.3 is 0 Å². The summed E-state index contributed by atoms with van der Waals surface area (Å²) < 4.78 is 32.2. The molecule has 0 aromatic heterocycles. The van der Waals surface area contributed by atoms with Crippen LogP contribution in [0.1, 0.15) is 26.3 Å². The van der Waals surface area contributed by atoms with Crippen LogP contribution in [0.3, 0.4) is 0 Å². The Hall–Kier alpha value is -2.89. The first kappa shape index (κ1) is 20.4. The van der Waals surface area contributed by atoms with Gasteiger partial charge in [0.15, 0.2) is 6.10 Å². The van der Waals surface area contributed by atoms with Gasteiger partial charge < -0.3 is 10.1 Å². The molecule has 0 spiro atoms. The molecular weight excluding hydrogens is 366 g/mol. The first-order valence-electron chi connectivity index (χ1n) is 8.32. The fraction of sp³-hybridized carbons (Fsp3) is 0.263. The quantitative estimate of drug-likeness (QED) is 0.759. The average Bonchev–Trinajstić information content (AvgIpc) is 2.61. The van der Waals surface area contributed by atoms with Crippen molar-refractivity contribution in [1.82, 2.24) is 4.72 Å². The van der Waals surface area contributed by atoms with Crippen LogP contribution in [0.15, 0.2) is 53.4 Å². The van der Waals surface area contributed by atoms with Gasteiger partial charge in [0.05, 0.1) is 10.5 Å². The van der Waals surface area contributed by atoms with Gasteiger partial charge in [-0.2, -0.15) is 5.26 Å². The molecule has 2 N–H and O–H groups in total. The van der Waals surface area contributed by atoms with Crippen LogP contribution in [0.5, 0.6) is 5.75 Å². The number of carbonyl (C=O) groups is 1. The Kier molecular flexibility index (Phi) is 6.55. The van der Waals surface area contributed by atoms with Crippen LogP contribution >= 0.6 is 0 Å². The Labute approximate surface area is 159 Å². The standard InChI is InChI=1S/C19H21N3O4S/c1-13(2)22-27(24,25)17-10-8-16(9-11-17)21-19(23)14(3)26-18-7-5-4-6-15(18)12-20/h4-11,13-14,22H,1-3H3,(H,21,23). The minimum atomic E-state index is -3.59. The van der Waals surface area contributed by atoms with Crippen LogP contribution in [0.25, 0.3) is 0 Å². The lowest BCUT2D eigenvalue weighted by Gasteiger charge is -2.16. The van der Waals surface area contributed by atoms with Gasteiger partial charge in [0.1, 0.15) is 11.8 Å². The maximum atomic E-state index is 12.3. The molecule has 0 bridgehead atoms. The van der Waals surface area contributed by atoms with Crippen LogP contribution in [-0.4, -0.2) is 26.5 Å². The van der Waals surface area contributed by atoms with Gasteiger partial charge in [-0.1, -0.05) is 12.1 Å². The predicted molar refractivity (Wildman–Crippen MR) is 102 cm³/mol. The predicted octanol–water partition coefficient (Wildman–Crippen LogP) is 2.65. The van der Waals surface area contributed by atoms with Crippen LogP contribution in [0.4, 0.5) is 5.69 Å². The van der Waals surface area contributed by atoms with Gasteiger partial charge in [0, 0.05) is 11.7 Å². The maximum Gasteiger partial charge on any atom is 0.265 e. The third-order valence-corrected chi connectivity index (χ3v) is 5.18. The van der Waals surface area contributed by atoms with Gasteiger partial charge in [-0.3, -0.25) is 4.79 Å². The molecule has 2 rings (SSSR count). The summed E-state index contributed by atoms with van der Waals surface area (Å²) in [5, 5.41) is 11.7. The molecule has 0 radical (unpaired) electrons. The molecule has 0 saturated heterocycles. The van der Waals surface area contributed by atoms with Crippen molar-refractivity contribution in [2.24, 2.45) is 0 Å². The van der Waals surface area contributed by atoms with E-state index >= 15 is 0 Å². The third kappa shape index (κ3) is 5.54. The fourth-order valence-corrected chi connectivity index (χ4v) is 3.50. The number of hydrogen-bond donors (Lipinski definition) is 2. The highest BCUT2D eigenvalue weighted by Gasteiger charge is 2.18. The lowest BCUT2D eigenvalue weighted by Crippen LogP contribution is -2.31. The molecule has 27 heavy (non-hydrogen) atoms. The molecule has 142 valence electrons. The third-order valence-electron chi connectivity index (χ3n) is 3.50. The van der Waals surface area contributed by atoms with E-state index in [-0.39, 0.29) is 10.9 Å². The van der Waals surface area contributed by atoms with Gasteiger partial charge in [0.2, 0.25) is 10.0 Å². The van der Waals surface area contributed by atoms with E-state index in [1.54, 1.807) is 45.0 Å². The molecule has 0 aliphatic carbocycles. The Morgan fingerprint density at radius 2 is 1.70 bits per heavy atom. The van der Waals surface area contributed by atoms with E-state index in [2.05, 4.69) is 10.0 Å². The molecule has 0 fully saturated rings. The van der Waals surface area contributed by atoms with Gasteiger partial charge in [-0.25, -0.2) is 13.1 Å². The highest BCUT2D eigenvalue weighted by Crippen LogP contribution is 2.19. The second kappa shape index (κ2) is 8.66. The normalized spacial score (nSPS) is 12.3. The number of sulfonamides is 1. The van der Waals surface area contributed by atoms with Gasteiger partial charge in [-0.15, -0.1) is 0 Å². The summed E-state index contributed by atoms with van der Waals surface area (Å²) in [7, 11) is -3.59. The summed E-state index contributed by atoms with van der Waals surface area (Å²) in [4.78, 5) is 12.4. The van der Waals surface area contributed by atoms with Crippen LogP contribution < -0.4 is 14.8 Å². The monoisotopic (exact) mass is 387 g/mol. The molecule has 7 nitrogen and oxygen atoms in total. The van der Waals surface area contributed by atoms with E-state index in [9.17, 15) is 13.2 Å². The van der Waals surface area contributed by atoms with E-state index < -0.39 is 22.0 Å². The second-order valence-corrected chi connectivity index (χ2v) is 7.87. The minimum Gasteiger partial charge on any atom is -0.480 e. The molecule has 1 amide bonds. The molecule has 0 aliphatic heterocycles. The van der Waals surface area contributed by atoms with Crippen molar-refractivity contribution in [2.45, 2.75) is 37.8 Å². The Morgan fingerprint density at radius 3 is 2.30 bits per heavy atom. The lowest BCUT2D eigenvalue weighted by atomic mass is 10.2. The molecule has 0 saturated carbocycles. The Balaban J connectivity index is 2.04. The SMILES string of the molecule is CC(C)NS(=O)(=O)c1ccc(NC(=O)C(C)Oc2ccccc2C#N)cc1. The van der Waals surface area contributed by atoms with Crippen LogP contribution in [-0.2, 0) is 14.8 Å². The zero-order chi connectivity index (χ0) is 20.0. The number of nitriles is 1. The number of rotatable bonds is 7. The molecular formula is C19H21N3O4S. The first-order chi connectivity index (χ1) is 12.7. The number of anilines is 1. The van der Waals surface area contributed by atoms with E-state index in [0.29, 0.717) is 17.0 Å². The largest absolute Gasteiger partial charge is 0.480 e. The number of nitrogens with zero attached hydrogens (tertiary/aromatic N) is 1. The van der Waals surface area contributed by atoms with Gasteiger partial charge in [0.25, 0.3) is 5.91 Å². The topological polar surface area (TPSA) is 108 Å². The molecule has 0 heterocycles. The Morgan fingerprint density at radius 1 is 1.07 bits per heavy atom. The van der Waals surface area contributed by atoms with E-state index in [1.165, 1.54) is 24.3 Å². The number of benzene rings is 2. The number of carbonyl (C=O) groups excluding carboxylic acids is 1. The minimum absolute atomic E-state index is 0.112. The summed E-state index contributed by atoms with van der Waals surface area (Å²) in [6, 6.07) is 14.3. The summed E-state index contributed by atoms with van der Waals surface area (Å²) in [6.07, 6.45) is -0.842. The maximum absolute atomic E-state index is 12.3. The zero-order valence-corrected chi connectivity index (χ0v) is 16.1. The van der Waals surface area contributed by atoms with Crippen molar-refractivity contribution in [2.75, 3.05) is 5.32 Å². The number of hydrogen-bond acceptors (Lipinski definition) is 5. The zero-order valence-electron chi connectivity index (χ0n) is 15.3.